The van der Waals surface area contributed by atoms with Crippen LogP contribution in [0.3, 0.4) is 0 Å². The van der Waals surface area contributed by atoms with Crippen LogP contribution in [-0.2, 0) is 17.8 Å². The lowest BCUT2D eigenvalue weighted by Crippen LogP contribution is -2.38. The number of carboxylic acid groups (broad SMARTS) is 1. The Morgan fingerprint density at radius 2 is 1.61 bits per heavy atom. The van der Waals surface area contributed by atoms with E-state index in [2.05, 4.69) is 5.32 Å². The third-order valence-corrected chi connectivity index (χ3v) is 4.00. The van der Waals surface area contributed by atoms with E-state index in [0.29, 0.717) is 13.0 Å². The molecular formula is C20H19NO2. The van der Waals surface area contributed by atoms with Crippen molar-refractivity contribution >= 4 is 16.7 Å². The number of nitrogens with one attached hydrogen (secondary N) is 1. The van der Waals surface area contributed by atoms with Crippen LogP contribution in [0.4, 0.5) is 0 Å². The quantitative estimate of drug-likeness (QED) is 0.731. The lowest BCUT2D eigenvalue weighted by Gasteiger charge is -2.16. The summed E-state index contributed by atoms with van der Waals surface area (Å²) in [5.74, 6) is -0.825. The first-order chi connectivity index (χ1) is 11.2. The molecule has 0 radical (unpaired) electrons. The van der Waals surface area contributed by atoms with Crippen LogP contribution in [0.5, 0.6) is 0 Å². The third kappa shape index (κ3) is 3.76. The molecule has 0 spiro atoms. The van der Waals surface area contributed by atoms with Gasteiger partial charge < -0.3 is 10.4 Å². The molecule has 116 valence electrons. The number of hydrogen-bond donors (Lipinski definition) is 2. The molecule has 3 aromatic rings. The van der Waals surface area contributed by atoms with Gasteiger partial charge in [0.2, 0.25) is 0 Å². The summed E-state index contributed by atoms with van der Waals surface area (Å²) in [4.78, 5) is 11.6. The van der Waals surface area contributed by atoms with Crippen LogP contribution >= 0.6 is 0 Å². The summed E-state index contributed by atoms with van der Waals surface area (Å²) >= 11 is 0. The van der Waals surface area contributed by atoms with Crippen molar-refractivity contribution in [2.75, 3.05) is 0 Å². The molecule has 1 unspecified atom stereocenters. The number of fused-ring (bicyclic) bond motifs is 1. The molecule has 3 aromatic carbocycles. The van der Waals surface area contributed by atoms with Gasteiger partial charge in [0.15, 0.2) is 0 Å². The molecule has 0 fully saturated rings. The molecule has 3 heteroatoms. The zero-order valence-electron chi connectivity index (χ0n) is 12.8. The van der Waals surface area contributed by atoms with E-state index in [1.807, 2.05) is 72.8 Å². The second-order valence-electron chi connectivity index (χ2n) is 5.60. The number of aliphatic carboxylic acids is 1. The predicted octanol–water partition coefficient (Wildman–Crippen LogP) is 3.63. The average molecular weight is 305 g/mol. The van der Waals surface area contributed by atoms with Gasteiger partial charge in [0.1, 0.15) is 6.04 Å². The molecule has 23 heavy (non-hydrogen) atoms. The minimum atomic E-state index is -0.825. The van der Waals surface area contributed by atoms with Gasteiger partial charge in [-0.15, -0.1) is 0 Å². The highest BCUT2D eigenvalue weighted by molar-refractivity contribution is 5.86. The van der Waals surface area contributed by atoms with Crippen molar-refractivity contribution in [3.8, 4) is 0 Å². The normalized spacial score (nSPS) is 12.2. The fourth-order valence-electron chi connectivity index (χ4n) is 2.77. The summed E-state index contributed by atoms with van der Waals surface area (Å²) in [6.45, 7) is 0.544. The second-order valence-corrected chi connectivity index (χ2v) is 5.60. The largest absolute Gasteiger partial charge is 0.480 e. The lowest BCUT2D eigenvalue weighted by molar-refractivity contribution is -0.139. The number of rotatable bonds is 6. The molecule has 2 N–H and O–H groups in total. The minimum absolute atomic E-state index is 0.462. The van der Waals surface area contributed by atoms with Crippen molar-refractivity contribution in [3.63, 3.8) is 0 Å². The van der Waals surface area contributed by atoms with Crippen molar-refractivity contribution in [1.82, 2.24) is 5.32 Å². The minimum Gasteiger partial charge on any atom is -0.480 e. The molecule has 1 atom stereocenters. The van der Waals surface area contributed by atoms with Crippen LogP contribution in [0.1, 0.15) is 11.1 Å². The number of carboxylic acids is 1. The molecule has 0 bridgehead atoms. The summed E-state index contributed by atoms with van der Waals surface area (Å²) in [5, 5.41) is 14.9. The van der Waals surface area contributed by atoms with E-state index in [9.17, 15) is 9.90 Å². The van der Waals surface area contributed by atoms with Crippen molar-refractivity contribution < 1.29 is 9.90 Å². The predicted molar refractivity (Wildman–Crippen MR) is 92.4 cm³/mol. The Hall–Kier alpha value is -2.65. The SMILES string of the molecule is O=C(O)C(Cc1cccc2ccccc12)NCc1ccccc1. The van der Waals surface area contributed by atoms with Gasteiger partial charge in [-0.05, 0) is 28.3 Å². The smallest absolute Gasteiger partial charge is 0.321 e. The molecular weight excluding hydrogens is 286 g/mol. The van der Waals surface area contributed by atoms with Crippen LogP contribution in [0.25, 0.3) is 10.8 Å². The number of hydrogen-bond acceptors (Lipinski definition) is 2. The van der Waals surface area contributed by atoms with Gasteiger partial charge in [-0.3, -0.25) is 4.79 Å². The van der Waals surface area contributed by atoms with Gasteiger partial charge in [-0.2, -0.15) is 0 Å². The Balaban J connectivity index is 1.78. The molecule has 0 saturated carbocycles. The molecule has 0 heterocycles. The fraction of sp³-hybridized carbons (Fsp3) is 0.150. The molecule has 0 aliphatic rings. The van der Waals surface area contributed by atoms with Gasteiger partial charge in [0.05, 0.1) is 0 Å². The Morgan fingerprint density at radius 1 is 0.913 bits per heavy atom. The molecule has 0 aliphatic heterocycles. The Labute approximate surface area is 135 Å². The maximum absolute atomic E-state index is 11.6. The average Bonchev–Trinajstić information content (AvgIpc) is 2.59. The van der Waals surface area contributed by atoms with Crippen molar-refractivity contribution in [2.24, 2.45) is 0 Å². The standard InChI is InChI=1S/C20H19NO2/c22-20(23)19(21-14-15-7-2-1-3-8-15)13-17-11-6-10-16-9-4-5-12-18(16)17/h1-12,19,21H,13-14H2,(H,22,23). The van der Waals surface area contributed by atoms with Crippen LogP contribution in [0.15, 0.2) is 72.8 Å². The van der Waals surface area contributed by atoms with Crippen molar-refractivity contribution in [3.05, 3.63) is 83.9 Å². The first-order valence-corrected chi connectivity index (χ1v) is 7.71. The Morgan fingerprint density at radius 3 is 2.39 bits per heavy atom. The van der Waals surface area contributed by atoms with E-state index in [1.165, 1.54) is 0 Å². The Bertz CT molecular complexity index is 794. The van der Waals surface area contributed by atoms with Crippen LogP contribution < -0.4 is 5.32 Å². The summed E-state index contributed by atoms with van der Waals surface area (Å²) in [5.41, 5.74) is 2.13. The maximum atomic E-state index is 11.6. The molecule has 3 rings (SSSR count). The van der Waals surface area contributed by atoms with Gasteiger partial charge in [-0.1, -0.05) is 72.8 Å². The van der Waals surface area contributed by atoms with E-state index >= 15 is 0 Å². The summed E-state index contributed by atoms with van der Waals surface area (Å²) in [6.07, 6.45) is 0.462. The molecule has 3 nitrogen and oxygen atoms in total. The van der Waals surface area contributed by atoms with E-state index in [-0.39, 0.29) is 0 Å². The van der Waals surface area contributed by atoms with E-state index in [4.69, 9.17) is 0 Å². The highest BCUT2D eigenvalue weighted by atomic mass is 16.4. The molecule has 0 saturated heterocycles. The first kappa shape index (κ1) is 15.3. The van der Waals surface area contributed by atoms with Gasteiger partial charge in [0.25, 0.3) is 0 Å². The summed E-state index contributed by atoms with van der Waals surface area (Å²) in [6, 6.07) is 23.3. The highest BCUT2D eigenvalue weighted by Gasteiger charge is 2.18. The zero-order chi connectivity index (χ0) is 16.1. The van der Waals surface area contributed by atoms with Crippen LogP contribution in [0.2, 0.25) is 0 Å². The molecule has 0 aromatic heterocycles. The van der Waals surface area contributed by atoms with E-state index in [0.717, 1.165) is 21.9 Å². The number of carbonyl (C=O) groups is 1. The van der Waals surface area contributed by atoms with E-state index in [1.54, 1.807) is 0 Å². The van der Waals surface area contributed by atoms with Gasteiger partial charge in [-0.25, -0.2) is 0 Å². The highest BCUT2D eigenvalue weighted by Crippen LogP contribution is 2.20. The zero-order valence-corrected chi connectivity index (χ0v) is 12.8. The van der Waals surface area contributed by atoms with E-state index < -0.39 is 12.0 Å². The number of benzene rings is 3. The lowest BCUT2D eigenvalue weighted by atomic mass is 9.98. The monoisotopic (exact) mass is 305 g/mol. The Kier molecular flexibility index (Phi) is 4.69. The third-order valence-electron chi connectivity index (χ3n) is 4.00. The van der Waals surface area contributed by atoms with Crippen molar-refractivity contribution in [2.45, 2.75) is 19.0 Å². The second kappa shape index (κ2) is 7.07. The van der Waals surface area contributed by atoms with Gasteiger partial charge in [0, 0.05) is 6.54 Å². The summed E-state index contributed by atoms with van der Waals surface area (Å²) < 4.78 is 0. The van der Waals surface area contributed by atoms with Crippen LogP contribution in [0, 0.1) is 0 Å². The topological polar surface area (TPSA) is 49.3 Å². The fourth-order valence-corrected chi connectivity index (χ4v) is 2.77. The first-order valence-electron chi connectivity index (χ1n) is 7.71. The molecule has 0 aliphatic carbocycles. The summed E-state index contributed by atoms with van der Waals surface area (Å²) in [7, 11) is 0. The molecule has 0 amide bonds. The van der Waals surface area contributed by atoms with Crippen LogP contribution in [-0.4, -0.2) is 17.1 Å². The maximum Gasteiger partial charge on any atom is 0.321 e. The van der Waals surface area contributed by atoms with Crippen molar-refractivity contribution in [1.29, 1.82) is 0 Å². The van der Waals surface area contributed by atoms with Gasteiger partial charge >= 0.3 is 5.97 Å².